The Hall–Kier alpha value is -2.35. The van der Waals surface area contributed by atoms with Crippen LogP contribution in [0.2, 0.25) is 5.02 Å². The summed E-state index contributed by atoms with van der Waals surface area (Å²) >= 11 is 5.66. The second-order valence-electron chi connectivity index (χ2n) is 6.50. The number of rotatable bonds is 3. The van der Waals surface area contributed by atoms with Crippen LogP contribution in [0.3, 0.4) is 0 Å². The van der Waals surface area contributed by atoms with Crippen molar-refractivity contribution in [2.75, 3.05) is 24.5 Å². The van der Waals surface area contributed by atoms with Crippen LogP contribution in [0.4, 0.5) is 14.9 Å². The van der Waals surface area contributed by atoms with Crippen molar-refractivity contribution in [2.24, 2.45) is 5.92 Å². The molecule has 2 fully saturated rings. The Labute approximate surface area is 154 Å². The summed E-state index contributed by atoms with van der Waals surface area (Å²) in [6.07, 6.45) is 1.54. The Bertz CT molecular complexity index is 745. The van der Waals surface area contributed by atoms with Crippen molar-refractivity contribution >= 4 is 35.2 Å². The zero-order valence-electron chi connectivity index (χ0n) is 14.0. The number of carbonyl (C=O) groups excluding carboxylic acids is 2. The molecular weight excluding hydrogens is 365 g/mol. The Kier molecular flexibility index (Phi) is 5.31. The van der Waals surface area contributed by atoms with Crippen LogP contribution < -0.4 is 10.2 Å². The topological polar surface area (TPSA) is 89.9 Å². The number of urea groups is 1. The van der Waals surface area contributed by atoms with Gasteiger partial charge in [-0.3, -0.25) is 9.59 Å². The fraction of sp³-hybridized carbons (Fsp3) is 0.471. The van der Waals surface area contributed by atoms with E-state index in [0.717, 1.165) is 0 Å². The highest BCUT2D eigenvalue weighted by Gasteiger charge is 2.36. The number of hydrogen-bond donors (Lipinski definition) is 2. The molecule has 140 valence electrons. The van der Waals surface area contributed by atoms with Gasteiger partial charge in [-0.05, 0) is 37.5 Å². The van der Waals surface area contributed by atoms with Crippen LogP contribution in [0.5, 0.6) is 0 Å². The van der Waals surface area contributed by atoms with Crippen molar-refractivity contribution < 1.29 is 23.9 Å². The number of amides is 3. The molecule has 0 spiro atoms. The lowest BCUT2D eigenvalue weighted by Crippen LogP contribution is -2.51. The highest BCUT2D eigenvalue weighted by Crippen LogP contribution is 2.26. The maximum atomic E-state index is 13.6. The van der Waals surface area contributed by atoms with Crippen molar-refractivity contribution in [1.29, 1.82) is 0 Å². The van der Waals surface area contributed by atoms with Crippen LogP contribution in [0.15, 0.2) is 18.2 Å². The van der Waals surface area contributed by atoms with Crippen molar-refractivity contribution in [2.45, 2.75) is 25.3 Å². The average Bonchev–Trinajstić information content (AvgIpc) is 2.98. The lowest BCUT2D eigenvalue weighted by atomic mass is 9.99. The maximum Gasteiger partial charge on any atom is 0.318 e. The van der Waals surface area contributed by atoms with Gasteiger partial charge >= 0.3 is 12.0 Å². The number of carboxylic acid groups (broad SMARTS) is 1. The molecule has 2 saturated heterocycles. The summed E-state index contributed by atoms with van der Waals surface area (Å²) < 4.78 is 13.6. The van der Waals surface area contributed by atoms with Gasteiger partial charge in [-0.1, -0.05) is 11.6 Å². The molecule has 9 heteroatoms. The minimum Gasteiger partial charge on any atom is -0.481 e. The summed E-state index contributed by atoms with van der Waals surface area (Å²) in [6, 6.07) is 2.96. The van der Waals surface area contributed by atoms with Gasteiger partial charge < -0.3 is 20.2 Å². The molecule has 0 bridgehead atoms. The monoisotopic (exact) mass is 383 g/mol. The van der Waals surface area contributed by atoms with Gasteiger partial charge in [-0.2, -0.15) is 0 Å². The maximum absolute atomic E-state index is 13.6. The third kappa shape index (κ3) is 3.75. The summed E-state index contributed by atoms with van der Waals surface area (Å²) in [5.74, 6) is -2.44. The highest BCUT2D eigenvalue weighted by molar-refractivity contribution is 6.30. The molecule has 0 aromatic heterocycles. The molecule has 0 saturated carbocycles. The zero-order valence-corrected chi connectivity index (χ0v) is 14.7. The number of anilines is 1. The molecule has 26 heavy (non-hydrogen) atoms. The Morgan fingerprint density at radius 1 is 1.27 bits per heavy atom. The summed E-state index contributed by atoms with van der Waals surface area (Å²) in [7, 11) is 0. The highest BCUT2D eigenvalue weighted by atomic mass is 35.5. The number of likely N-dealkylation sites (tertiary alicyclic amines) is 1. The molecule has 1 aromatic carbocycles. The van der Waals surface area contributed by atoms with Gasteiger partial charge in [0.2, 0.25) is 5.91 Å². The van der Waals surface area contributed by atoms with E-state index in [-0.39, 0.29) is 17.5 Å². The first-order valence-corrected chi connectivity index (χ1v) is 8.79. The van der Waals surface area contributed by atoms with Gasteiger partial charge in [0.1, 0.15) is 11.9 Å². The van der Waals surface area contributed by atoms with E-state index in [9.17, 15) is 18.8 Å². The molecule has 3 rings (SSSR count). The average molecular weight is 384 g/mol. The second kappa shape index (κ2) is 7.49. The first kappa shape index (κ1) is 18.4. The molecular formula is C17H19ClFN3O4. The number of nitrogens with one attached hydrogen (secondary N) is 1. The fourth-order valence-electron chi connectivity index (χ4n) is 3.33. The van der Waals surface area contributed by atoms with Gasteiger partial charge in [0.25, 0.3) is 0 Å². The number of halogens is 2. The normalized spacial score (nSPS) is 23.2. The van der Waals surface area contributed by atoms with Crippen LogP contribution in [0, 0.1) is 11.7 Å². The van der Waals surface area contributed by atoms with Crippen molar-refractivity contribution in [1.82, 2.24) is 10.2 Å². The summed E-state index contributed by atoms with van der Waals surface area (Å²) in [5, 5.41) is 11.7. The Morgan fingerprint density at radius 3 is 2.73 bits per heavy atom. The van der Waals surface area contributed by atoms with Gasteiger partial charge in [0.05, 0.1) is 10.9 Å². The molecule has 2 aliphatic heterocycles. The molecule has 7 nitrogen and oxygen atoms in total. The number of hydrogen-bond acceptors (Lipinski definition) is 3. The van der Waals surface area contributed by atoms with Crippen LogP contribution >= 0.6 is 11.6 Å². The third-order valence-electron chi connectivity index (χ3n) is 4.78. The lowest BCUT2D eigenvalue weighted by Gasteiger charge is -2.31. The Balaban J connectivity index is 1.62. The molecule has 0 aliphatic carbocycles. The van der Waals surface area contributed by atoms with Crippen LogP contribution in [-0.2, 0) is 9.59 Å². The summed E-state index contributed by atoms with van der Waals surface area (Å²) in [6.45, 7) is 0.944. The number of benzene rings is 1. The van der Waals surface area contributed by atoms with E-state index in [1.165, 1.54) is 21.9 Å². The molecule has 2 N–H and O–H groups in total. The van der Waals surface area contributed by atoms with E-state index >= 15 is 0 Å². The number of carbonyl (C=O) groups is 3. The minimum atomic E-state index is -0.921. The predicted molar refractivity (Wildman–Crippen MR) is 92.6 cm³/mol. The van der Waals surface area contributed by atoms with Gasteiger partial charge in [-0.25, -0.2) is 9.18 Å². The Morgan fingerprint density at radius 2 is 2.04 bits per heavy atom. The van der Waals surface area contributed by atoms with E-state index in [2.05, 4.69) is 5.32 Å². The summed E-state index contributed by atoms with van der Waals surface area (Å²) in [5.41, 5.74) is 0.387. The molecule has 0 radical (unpaired) electrons. The first-order valence-electron chi connectivity index (χ1n) is 8.41. The second-order valence-corrected chi connectivity index (χ2v) is 6.91. The van der Waals surface area contributed by atoms with Crippen molar-refractivity contribution in [3.8, 4) is 0 Å². The van der Waals surface area contributed by atoms with Crippen LogP contribution in [0.25, 0.3) is 0 Å². The smallest absolute Gasteiger partial charge is 0.318 e. The van der Waals surface area contributed by atoms with Crippen LogP contribution in [0.1, 0.15) is 19.3 Å². The van der Waals surface area contributed by atoms with E-state index < -0.39 is 29.8 Å². The molecule has 2 heterocycles. The van der Waals surface area contributed by atoms with E-state index in [4.69, 9.17) is 16.7 Å². The van der Waals surface area contributed by atoms with E-state index in [1.54, 1.807) is 6.07 Å². The van der Waals surface area contributed by atoms with Gasteiger partial charge in [0.15, 0.2) is 0 Å². The quantitative estimate of drug-likeness (QED) is 0.836. The molecule has 3 amide bonds. The molecule has 2 unspecified atom stereocenters. The van der Waals surface area contributed by atoms with Crippen molar-refractivity contribution in [3.05, 3.63) is 29.0 Å². The molecule has 2 aliphatic rings. The molecule has 2 atom stereocenters. The van der Waals surface area contributed by atoms with Crippen LogP contribution in [-0.4, -0.2) is 53.6 Å². The minimum absolute atomic E-state index is 0.0247. The predicted octanol–water partition coefficient (Wildman–Crippen LogP) is 2.09. The number of nitrogens with zero attached hydrogens (tertiary/aromatic N) is 2. The number of aliphatic carboxylic acids is 1. The van der Waals surface area contributed by atoms with E-state index in [0.29, 0.717) is 38.0 Å². The third-order valence-corrected chi connectivity index (χ3v) is 5.08. The first-order chi connectivity index (χ1) is 12.4. The molecule has 1 aromatic rings. The lowest BCUT2D eigenvalue weighted by molar-refractivity contribution is -0.143. The number of carboxylic acids is 1. The standard InChI is InChI=1S/C17H19ClFN3O4/c18-12-4-3-11(8-13(12)19)22-7-5-14(15(22)23)20-17(26)21-6-1-2-10(9-21)16(24)25/h3-4,8,10,14H,1-2,5-7,9H2,(H,20,26)(H,24,25). The largest absolute Gasteiger partial charge is 0.481 e. The van der Waals surface area contributed by atoms with Gasteiger partial charge in [0, 0.05) is 25.3 Å². The number of piperidine rings is 1. The fourth-order valence-corrected chi connectivity index (χ4v) is 3.44. The summed E-state index contributed by atoms with van der Waals surface area (Å²) in [4.78, 5) is 38.9. The zero-order chi connectivity index (χ0) is 18.8. The van der Waals surface area contributed by atoms with E-state index in [1.807, 2.05) is 0 Å². The van der Waals surface area contributed by atoms with Crippen molar-refractivity contribution in [3.63, 3.8) is 0 Å². The SMILES string of the molecule is O=C(O)C1CCCN(C(=O)NC2CCN(c3ccc(Cl)c(F)c3)C2=O)C1. The van der Waals surface area contributed by atoms with Gasteiger partial charge in [-0.15, -0.1) is 0 Å².